The molecule has 1 N–H and O–H groups in total. The van der Waals surface area contributed by atoms with Gasteiger partial charge in [-0.3, -0.25) is 14.5 Å². The predicted octanol–water partition coefficient (Wildman–Crippen LogP) is 6.25. The molecule has 0 aliphatic carbocycles. The van der Waals surface area contributed by atoms with E-state index >= 15 is 0 Å². The maximum absolute atomic E-state index is 12.2. The van der Waals surface area contributed by atoms with Crippen molar-refractivity contribution in [1.82, 2.24) is 4.90 Å². The lowest BCUT2D eigenvalue weighted by atomic mass is 9.91. The van der Waals surface area contributed by atoms with Crippen molar-refractivity contribution in [2.75, 3.05) is 53.7 Å². The van der Waals surface area contributed by atoms with Crippen LogP contribution in [0.25, 0.3) is 0 Å². The van der Waals surface area contributed by atoms with Crippen LogP contribution >= 0.6 is 0 Å². The number of fused-ring (bicyclic) bond motifs is 2. The lowest BCUT2D eigenvalue weighted by Crippen LogP contribution is -2.38. The van der Waals surface area contributed by atoms with Crippen LogP contribution in [-0.2, 0) is 59.3 Å². The van der Waals surface area contributed by atoms with E-state index in [1.165, 1.54) is 7.11 Å². The zero-order chi connectivity index (χ0) is 39.5. The molecule has 0 bridgehead atoms. The molecule has 12 heteroatoms. The monoisotopic (exact) mass is 749 g/mol. The standard InChI is InChI=1S/C24H33NO6.C18H22O5/c1-16(6-8-21(26)30-14-11-25-9-12-29-13-10-25)5-7-19-17(2)18(3)20-15-31-24(27)22(20)23(19)28-4;1-10(6-8-15(19)22-4)5-7-13-11(2)12(3)14-9-23-18(21)16(14)17(13)20/h5H,6-15H2,1-4H3;5,20H,6-9H2,1-4H3/b16-5+;10-5+. The Morgan fingerprint density at radius 1 is 0.741 bits per heavy atom. The van der Waals surface area contributed by atoms with E-state index in [0.717, 1.165) is 88.5 Å². The van der Waals surface area contributed by atoms with Gasteiger partial charge >= 0.3 is 23.9 Å². The Kier molecular flexibility index (Phi) is 15.3. The Balaban J connectivity index is 0.000000252. The van der Waals surface area contributed by atoms with Crippen molar-refractivity contribution in [3.05, 3.63) is 78.9 Å². The third-order valence-electron chi connectivity index (χ3n) is 10.6. The quantitative estimate of drug-likeness (QED) is 0.132. The molecule has 12 nitrogen and oxygen atoms in total. The van der Waals surface area contributed by atoms with Crippen LogP contribution in [0.4, 0.5) is 0 Å². The summed E-state index contributed by atoms with van der Waals surface area (Å²) < 4.78 is 31.2. The molecule has 0 unspecified atom stereocenters. The van der Waals surface area contributed by atoms with E-state index in [0.29, 0.717) is 68.6 Å². The molecule has 1 fully saturated rings. The molecule has 0 atom stereocenters. The number of phenolic OH excluding ortho intramolecular Hbond substituents is 1. The van der Waals surface area contributed by atoms with E-state index in [1.807, 2.05) is 47.6 Å². The van der Waals surface area contributed by atoms with Crippen molar-refractivity contribution < 1.29 is 52.7 Å². The van der Waals surface area contributed by atoms with Gasteiger partial charge in [0.05, 0.1) is 27.4 Å². The number of nitrogens with zero attached hydrogens (tertiary/aromatic N) is 1. The molecule has 5 rings (SSSR count). The van der Waals surface area contributed by atoms with Crippen LogP contribution in [0.15, 0.2) is 23.3 Å². The molecule has 3 aliphatic heterocycles. The molecule has 3 heterocycles. The van der Waals surface area contributed by atoms with E-state index in [-0.39, 0.29) is 30.3 Å². The Bertz CT molecular complexity index is 1800. The number of carbonyl (C=O) groups is 4. The zero-order valence-electron chi connectivity index (χ0n) is 33.0. The van der Waals surface area contributed by atoms with Crippen LogP contribution in [0.2, 0.25) is 0 Å². The number of aromatic hydroxyl groups is 1. The summed E-state index contributed by atoms with van der Waals surface area (Å²) in [5.74, 6) is -0.585. The highest BCUT2D eigenvalue weighted by molar-refractivity contribution is 5.98. The fraction of sp³-hybridized carbons (Fsp3) is 0.524. The first-order valence-corrected chi connectivity index (χ1v) is 18.5. The number of methoxy groups -OCH3 is 2. The van der Waals surface area contributed by atoms with Gasteiger partial charge in [0, 0.05) is 54.7 Å². The lowest BCUT2D eigenvalue weighted by Gasteiger charge is -2.26. The lowest BCUT2D eigenvalue weighted by molar-refractivity contribution is -0.144. The zero-order valence-corrected chi connectivity index (χ0v) is 33.0. The number of hydrogen-bond acceptors (Lipinski definition) is 12. The molecule has 0 spiro atoms. The van der Waals surface area contributed by atoms with Crippen molar-refractivity contribution >= 4 is 23.9 Å². The van der Waals surface area contributed by atoms with Crippen molar-refractivity contribution in [1.29, 1.82) is 0 Å². The molecule has 0 amide bonds. The maximum atomic E-state index is 12.2. The van der Waals surface area contributed by atoms with Crippen molar-refractivity contribution in [2.24, 2.45) is 0 Å². The summed E-state index contributed by atoms with van der Waals surface area (Å²) in [7, 11) is 2.96. The van der Waals surface area contributed by atoms with Gasteiger partial charge in [-0.05, 0) is 89.5 Å². The van der Waals surface area contributed by atoms with E-state index in [1.54, 1.807) is 7.11 Å². The Labute approximate surface area is 318 Å². The van der Waals surface area contributed by atoms with Crippen molar-refractivity contribution in [2.45, 2.75) is 93.3 Å². The van der Waals surface area contributed by atoms with Crippen molar-refractivity contribution in [3.8, 4) is 11.5 Å². The van der Waals surface area contributed by atoms with Gasteiger partial charge in [-0.1, -0.05) is 23.3 Å². The van der Waals surface area contributed by atoms with E-state index in [9.17, 15) is 24.3 Å². The van der Waals surface area contributed by atoms with Gasteiger partial charge in [-0.2, -0.15) is 0 Å². The number of ether oxygens (including phenoxy) is 6. The van der Waals surface area contributed by atoms with Crippen molar-refractivity contribution in [3.63, 3.8) is 0 Å². The van der Waals surface area contributed by atoms with E-state index in [4.69, 9.17) is 23.7 Å². The van der Waals surface area contributed by atoms with Gasteiger partial charge in [-0.25, -0.2) is 9.59 Å². The third-order valence-corrected chi connectivity index (χ3v) is 10.6. The first kappa shape index (κ1) is 42.1. The van der Waals surface area contributed by atoms with E-state index in [2.05, 4.69) is 15.7 Å². The molecule has 0 saturated carbocycles. The minimum absolute atomic E-state index is 0.0163. The summed E-state index contributed by atoms with van der Waals surface area (Å²) in [4.78, 5) is 49.5. The molecule has 54 heavy (non-hydrogen) atoms. The second kappa shape index (κ2) is 19.6. The first-order chi connectivity index (χ1) is 25.8. The third kappa shape index (κ3) is 10.3. The van der Waals surface area contributed by atoms with E-state index < -0.39 is 5.97 Å². The average Bonchev–Trinajstić information content (AvgIpc) is 3.75. The molecule has 2 aromatic rings. The van der Waals surface area contributed by atoms with Gasteiger partial charge < -0.3 is 33.5 Å². The number of allylic oxidation sites excluding steroid dienone is 4. The number of benzene rings is 2. The molecule has 3 aliphatic rings. The number of phenols is 1. The smallest absolute Gasteiger partial charge is 0.342 e. The number of esters is 4. The SMILES string of the molecule is COC(=O)CC/C(C)=C/Cc1c(C)c(C)c2c(c1O)C(=O)OC2.COc1c(C/C=C(\C)CCC(=O)OCCN2CCOCC2)c(C)c(C)c2c1C(=O)OC2. The molecule has 0 radical (unpaired) electrons. The fourth-order valence-corrected chi connectivity index (χ4v) is 6.79. The summed E-state index contributed by atoms with van der Waals surface area (Å²) in [6.45, 7) is 16.9. The van der Waals surface area contributed by atoms with Gasteiger partial charge in [0.1, 0.15) is 42.4 Å². The van der Waals surface area contributed by atoms with Gasteiger partial charge in [-0.15, -0.1) is 0 Å². The summed E-state index contributed by atoms with van der Waals surface area (Å²) in [6, 6.07) is 0. The minimum Gasteiger partial charge on any atom is -0.507 e. The molecule has 2 aromatic carbocycles. The second-order valence-corrected chi connectivity index (χ2v) is 14.0. The highest BCUT2D eigenvalue weighted by atomic mass is 16.5. The minimum atomic E-state index is -0.465. The Morgan fingerprint density at radius 2 is 1.26 bits per heavy atom. The summed E-state index contributed by atoms with van der Waals surface area (Å²) >= 11 is 0. The molecular weight excluding hydrogens is 694 g/mol. The Hall–Kier alpha value is -4.68. The van der Waals surface area contributed by atoms with Gasteiger partial charge in [0.15, 0.2) is 0 Å². The molecule has 0 aromatic heterocycles. The second-order valence-electron chi connectivity index (χ2n) is 14.0. The number of hydrogen-bond donors (Lipinski definition) is 1. The summed E-state index contributed by atoms with van der Waals surface area (Å²) in [6.07, 6.45) is 7.15. The molecule has 294 valence electrons. The average molecular weight is 750 g/mol. The number of carbonyl (C=O) groups excluding carboxylic acids is 4. The largest absolute Gasteiger partial charge is 0.507 e. The first-order valence-electron chi connectivity index (χ1n) is 18.5. The highest BCUT2D eigenvalue weighted by Crippen LogP contribution is 2.39. The van der Waals surface area contributed by atoms with Crippen LogP contribution < -0.4 is 4.74 Å². The molecule has 1 saturated heterocycles. The Morgan fingerprint density at radius 3 is 1.83 bits per heavy atom. The van der Waals surface area contributed by atoms with Gasteiger partial charge in [0.25, 0.3) is 0 Å². The topological polar surface area (TPSA) is 147 Å². The normalized spacial score (nSPS) is 15.5. The maximum Gasteiger partial charge on any atom is 0.342 e. The van der Waals surface area contributed by atoms with Crippen LogP contribution in [0, 0.1) is 27.7 Å². The van der Waals surface area contributed by atoms with Crippen LogP contribution in [-0.4, -0.2) is 87.6 Å². The highest BCUT2D eigenvalue weighted by Gasteiger charge is 2.32. The number of morpholine rings is 1. The summed E-state index contributed by atoms with van der Waals surface area (Å²) in [5, 5.41) is 10.5. The van der Waals surface area contributed by atoms with Gasteiger partial charge in [0.2, 0.25) is 0 Å². The number of rotatable bonds is 14. The summed E-state index contributed by atoms with van der Waals surface area (Å²) in [5.41, 5.74) is 10.6. The molecular formula is C42H55NO11. The number of cyclic esters (lactones) is 2. The van der Waals surface area contributed by atoms with Crippen LogP contribution in [0.3, 0.4) is 0 Å². The predicted molar refractivity (Wildman–Crippen MR) is 202 cm³/mol. The fourth-order valence-electron chi connectivity index (χ4n) is 6.79. The van der Waals surface area contributed by atoms with Crippen LogP contribution in [0.5, 0.6) is 11.5 Å². The van der Waals surface area contributed by atoms with Crippen LogP contribution in [0.1, 0.15) is 105 Å².